The maximum atomic E-state index is 12.5. The highest BCUT2D eigenvalue weighted by Gasteiger charge is 2.28. The van der Waals surface area contributed by atoms with Crippen LogP contribution in [0.5, 0.6) is 0 Å². The third-order valence-corrected chi connectivity index (χ3v) is 6.68. The molecule has 3 aromatic rings. The monoisotopic (exact) mass is 443 g/mol. The van der Waals surface area contributed by atoms with Crippen molar-refractivity contribution in [3.05, 3.63) is 45.8 Å². The second-order valence-corrected chi connectivity index (χ2v) is 8.89. The molecule has 0 spiro atoms. The Hall–Kier alpha value is -2.65. The number of nitrogens with zero attached hydrogens (tertiary/aromatic N) is 2. The lowest BCUT2D eigenvalue weighted by Gasteiger charge is -2.07. The molecule has 1 aromatic carbocycles. The molecule has 30 heavy (non-hydrogen) atoms. The lowest BCUT2D eigenvalue weighted by molar-refractivity contribution is -0.113. The minimum atomic E-state index is -0.375. The molecule has 2 heterocycles. The van der Waals surface area contributed by atoms with Crippen LogP contribution in [-0.4, -0.2) is 34.4 Å². The van der Waals surface area contributed by atoms with E-state index >= 15 is 0 Å². The summed E-state index contributed by atoms with van der Waals surface area (Å²) in [6.45, 7) is 4.06. The number of aromatic nitrogens is 2. The average molecular weight is 444 g/mol. The standard InChI is InChI=1S/C21H21N3O4S2/c1-3-27-20(26)17-14-8-5-9-15(14)30-19(17)22-16(25)11-29-21-24-23-18(28-21)13-7-4-6-12(2)10-13/h4,6-7,10H,3,5,8-9,11H2,1-2H3,(H,22,25). The van der Waals surface area contributed by atoms with Gasteiger partial charge in [0, 0.05) is 10.4 Å². The van der Waals surface area contributed by atoms with Gasteiger partial charge in [-0.3, -0.25) is 4.79 Å². The Morgan fingerprint density at radius 1 is 1.30 bits per heavy atom. The number of fused-ring (bicyclic) bond motifs is 1. The molecule has 9 heteroatoms. The van der Waals surface area contributed by atoms with Crippen molar-refractivity contribution in [2.24, 2.45) is 0 Å². The number of rotatable bonds is 7. The van der Waals surface area contributed by atoms with E-state index in [1.807, 2.05) is 31.2 Å². The Kier molecular flexibility index (Phi) is 6.19. The van der Waals surface area contributed by atoms with Gasteiger partial charge in [-0.1, -0.05) is 29.5 Å². The third kappa shape index (κ3) is 4.41. The van der Waals surface area contributed by atoms with Crippen molar-refractivity contribution < 1.29 is 18.7 Å². The van der Waals surface area contributed by atoms with E-state index in [9.17, 15) is 9.59 Å². The number of aryl methyl sites for hydroxylation is 2. The van der Waals surface area contributed by atoms with E-state index in [1.54, 1.807) is 6.92 Å². The highest BCUT2D eigenvalue weighted by atomic mass is 32.2. The van der Waals surface area contributed by atoms with E-state index in [0.717, 1.165) is 52.6 Å². The van der Waals surface area contributed by atoms with Crippen LogP contribution in [0.3, 0.4) is 0 Å². The largest absolute Gasteiger partial charge is 0.462 e. The summed E-state index contributed by atoms with van der Waals surface area (Å²) in [5.74, 6) is -0.0958. The van der Waals surface area contributed by atoms with E-state index in [2.05, 4.69) is 15.5 Å². The van der Waals surface area contributed by atoms with Crippen molar-refractivity contribution in [1.29, 1.82) is 0 Å². The van der Waals surface area contributed by atoms with Gasteiger partial charge in [0.05, 0.1) is 17.9 Å². The molecular weight excluding hydrogens is 422 g/mol. The molecule has 0 bridgehead atoms. The van der Waals surface area contributed by atoms with E-state index in [1.165, 1.54) is 11.3 Å². The number of benzene rings is 1. The predicted molar refractivity (Wildman–Crippen MR) is 116 cm³/mol. The second kappa shape index (κ2) is 9.01. The number of hydrogen-bond acceptors (Lipinski definition) is 8. The molecule has 0 saturated carbocycles. The summed E-state index contributed by atoms with van der Waals surface area (Å²) >= 11 is 2.62. The summed E-state index contributed by atoms with van der Waals surface area (Å²) in [5.41, 5.74) is 3.46. The summed E-state index contributed by atoms with van der Waals surface area (Å²) in [6, 6.07) is 7.77. The average Bonchev–Trinajstić information content (AvgIpc) is 3.42. The Labute approximate surface area is 182 Å². The molecule has 2 aromatic heterocycles. The van der Waals surface area contributed by atoms with Crippen LogP contribution in [0.4, 0.5) is 5.00 Å². The van der Waals surface area contributed by atoms with Gasteiger partial charge in [0.15, 0.2) is 0 Å². The Balaban J connectivity index is 1.41. The zero-order valence-electron chi connectivity index (χ0n) is 16.7. The van der Waals surface area contributed by atoms with Gasteiger partial charge in [-0.25, -0.2) is 4.79 Å². The summed E-state index contributed by atoms with van der Waals surface area (Å²) < 4.78 is 10.9. The maximum absolute atomic E-state index is 12.5. The molecule has 0 saturated heterocycles. The van der Waals surface area contributed by atoms with Crippen molar-refractivity contribution >= 4 is 40.0 Å². The van der Waals surface area contributed by atoms with E-state index in [0.29, 0.717) is 28.3 Å². The predicted octanol–water partition coefficient (Wildman–Crippen LogP) is 4.50. The van der Waals surface area contributed by atoms with Gasteiger partial charge in [-0.2, -0.15) is 0 Å². The number of ether oxygens (including phenoxy) is 1. The Morgan fingerprint density at radius 2 is 2.17 bits per heavy atom. The number of hydrogen-bond donors (Lipinski definition) is 1. The minimum Gasteiger partial charge on any atom is -0.462 e. The number of amides is 1. The van der Waals surface area contributed by atoms with Gasteiger partial charge >= 0.3 is 5.97 Å². The first-order valence-corrected chi connectivity index (χ1v) is 11.5. The molecule has 0 fully saturated rings. The van der Waals surface area contributed by atoms with Crippen molar-refractivity contribution in [3.63, 3.8) is 0 Å². The smallest absolute Gasteiger partial charge is 0.341 e. The lowest BCUT2D eigenvalue weighted by Crippen LogP contribution is -2.16. The molecule has 0 atom stereocenters. The van der Waals surface area contributed by atoms with Crippen LogP contribution < -0.4 is 5.32 Å². The molecular formula is C21H21N3O4S2. The summed E-state index contributed by atoms with van der Waals surface area (Å²) in [7, 11) is 0. The first-order chi connectivity index (χ1) is 14.5. The van der Waals surface area contributed by atoms with Crippen LogP contribution >= 0.6 is 23.1 Å². The number of esters is 1. The van der Waals surface area contributed by atoms with Crippen LogP contribution in [0.25, 0.3) is 11.5 Å². The van der Waals surface area contributed by atoms with E-state index in [4.69, 9.17) is 9.15 Å². The number of nitrogens with one attached hydrogen (secondary N) is 1. The van der Waals surface area contributed by atoms with Crippen LogP contribution in [0.1, 0.15) is 39.7 Å². The molecule has 1 N–H and O–H groups in total. The molecule has 1 aliphatic carbocycles. The fraction of sp³-hybridized carbons (Fsp3) is 0.333. The zero-order valence-corrected chi connectivity index (χ0v) is 18.3. The highest BCUT2D eigenvalue weighted by Crippen LogP contribution is 2.39. The van der Waals surface area contributed by atoms with Gasteiger partial charge in [-0.05, 0) is 50.8 Å². The van der Waals surface area contributed by atoms with Crippen molar-refractivity contribution in [2.45, 2.75) is 38.3 Å². The normalized spacial score (nSPS) is 12.6. The topological polar surface area (TPSA) is 94.3 Å². The highest BCUT2D eigenvalue weighted by molar-refractivity contribution is 7.99. The molecule has 0 aliphatic heterocycles. The van der Waals surface area contributed by atoms with Gasteiger partial charge in [-0.15, -0.1) is 21.5 Å². The van der Waals surface area contributed by atoms with E-state index in [-0.39, 0.29) is 17.6 Å². The molecule has 1 amide bonds. The first-order valence-electron chi connectivity index (χ1n) is 9.70. The van der Waals surface area contributed by atoms with Crippen molar-refractivity contribution in [2.75, 3.05) is 17.7 Å². The summed E-state index contributed by atoms with van der Waals surface area (Å²) in [4.78, 5) is 26.1. The van der Waals surface area contributed by atoms with Crippen molar-refractivity contribution in [3.8, 4) is 11.5 Å². The Bertz CT molecular complexity index is 1090. The second-order valence-electron chi connectivity index (χ2n) is 6.86. The minimum absolute atomic E-state index is 0.0975. The third-order valence-electron chi connectivity index (χ3n) is 4.65. The summed E-state index contributed by atoms with van der Waals surface area (Å²) in [6.07, 6.45) is 2.80. The number of carbonyl (C=O) groups excluding carboxylic acids is 2. The number of anilines is 1. The van der Waals surface area contributed by atoms with Crippen LogP contribution in [0.2, 0.25) is 0 Å². The molecule has 156 valence electrons. The fourth-order valence-electron chi connectivity index (χ4n) is 3.36. The quantitative estimate of drug-likeness (QED) is 0.424. The number of carbonyl (C=O) groups is 2. The van der Waals surface area contributed by atoms with Gasteiger partial charge < -0.3 is 14.5 Å². The van der Waals surface area contributed by atoms with Crippen LogP contribution in [0, 0.1) is 6.92 Å². The molecule has 4 rings (SSSR count). The van der Waals surface area contributed by atoms with Crippen LogP contribution in [-0.2, 0) is 22.4 Å². The molecule has 0 radical (unpaired) electrons. The van der Waals surface area contributed by atoms with Crippen LogP contribution in [0.15, 0.2) is 33.9 Å². The maximum Gasteiger partial charge on any atom is 0.341 e. The first kappa shape index (κ1) is 20.6. The van der Waals surface area contributed by atoms with Gasteiger partial charge in [0.2, 0.25) is 11.8 Å². The fourth-order valence-corrected chi connectivity index (χ4v) is 5.22. The number of thiophene rings is 1. The Morgan fingerprint density at radius 3 is 2.97 bits per heavy atom. The lowest BCUT2D eigenvalue weighted by atomic mass is 10.1. The zero-order chi connectivity index (χ0) is 21.1. The summed E-state index contributed by atoms with van der Waals surface area (Å²) in [5, 5.41) is 11.8. The molecule has 0 unspecified atom stereocenters. The van der Waals surface area contributed by atoms with Gasteiger partial charge in [0.25, 0.3) is 5.22 Å². The van der Waals surface area contributed by atoms with E-state index < -0.39 is 0 Å². The molecule has 1 aliphatic rings. The number of thioether (sulfide) groups is 1. The SMILES string of the molecule is CCOC(=O)c1c(NC(=O)CSc2nnc(-c3cccc(C)c3)o2)sc2c1CCC2. The molecule has 7 nitrogen and oxygen atoms in total. The van der Waals surface area contributed by atoms with Crippen molar-refractivity contribution in [1.82, 2.24) is 10.2 Å². The van der Waals surface area contributed by atoms with Gasteiger partial charge in [0.1, 0.15) is 5.00 Å².